The van der Waals surface area contributed by atoms with E-state index in [9.17, 15) is 9.59 Å². The van der Waals surface area contributed by atoms with E-state index < -0.39 is 5.97 Å². The molecule has 1 amide bonds. The van der Waals surface area contributed by atoms with Crippen molar-refractivity contribution < 1.29 is 14.7 Å². The van der Waals surface area contributed by atoms with Crippen molar-refractivity contribution in [3.05, 3.63) is 82.9 Å². The van der Waals surface area contributed by atoms with Gasteiger partial charge in [-0.2, -0.15) is 0 Å². The van der Waals surface area contributed by atoms with Gasteiger partial charge < -0.3 is 16.2 Å². The van der Waals surface area contributed by atoms with Crippen LogP contribution in [0.4, 0.5) is 0 Å². The molecule has 1 heterocycles. The van der Waals surface area contributed by atoms with E-state index in [-0.39, 0.29) is 24.7 Å². The fraction of sp³-hybridized carbons (Fsp3) is 0.0833. The molecule has 0 unspecified atom stereocenters. The third-order valence-electron chi connectivity index (χ3n) is 5.08. The number of carbonyl (C=O) groups excluding carboxylic acids is 1. The molecule has 0 spiro atoms. The summed E-state index contributed by atoms with van der Waals surface area (Å²) in [6.45, 7) is 0.0408. The summed E-state index contributed by atoms with van der Waals surface area (Å²) in [7, 11) is 0. The minimum atomic E-state index is -0.979. The smallest absolute Gasteiger partial charge is 0.305 e. The molecule has 33 heavy (non-hydrogen) atoms. The number of halogens is 1. The number of amidine groups is 1. The number of carboxylic acids is 1. The summed E-state index contributed by atoms with van der Waals surface area (Å²) in [6.07, 6.45) is -0.153. The van der Waals surface area contributed by atoms with Crippen LogP contribution in [-0.4, -0.2) is 38.9 Å². The van der Waals surface area contributed by atoms with E-state index in [1.807, 2.05) is 28.8 Å². The molecule has 0 aliphatic carbocycles. The molecule has 0 aliphatic rings. The molecule has 0 fully saturated rings. The molecular weight excluding hydrogens is 442 g/mol. The molecule has 3 aromatic carbocycles. The number of carbonyl (C=O) groups is 2. The van der Waals surface area contributed by atoms with Gasteiger partial charge in [0.1, 0.15) is 11.7 Å². The minimum Gasteiger partial charge on any atom is -0.481 e. The molecular formula is C24H20ClN5O3. The van der Waals surface area contributed by atoms with Crippen LogP contribution in [-0.2, 0) is 4.79 Å². The predicted molar refractivity (Wildman–Crippen MR) is 127 cm³/mol. The van der Waals surface area contributed by atoms with Crippen molar-refractivity contribution in [2.24, 2.45) is 5.73 Å². The topological polar surface area (TPSA) is 134 Å². The number of aliphatic carboxylic acids is 1. The van der Waals surface area contributed by atoms with E-state index in [1.165, 1.54) is 0 Å². The monoisotopic (exact) mass is 461 g/mol. The molecule has 0 aliphatic heterocycles. The average molecular weight is 462 g/mol. The lowest BCUT2D eigenvalue weighted by Crippen LogP contribution is -2.25. The van der Waals surface area contributed by atoms with Gasteiger partial charge in [0.2, 0.25) is 0 Å². The average Bonchev–Trinajstić information content (AvgIpc) is 3.18. The molecule has 8 nitrogen and oxygen atoms in total. The van der Waals surface area contributed by atoms with E-state index in [0.29, 0.717) is 27.5 Å². The van der Waals surface area contributed by atoms with Crippen LogP contribution in [0.25, 0.3) is 28.1 Å². The summed E-state index contributed by atoms with van der Waals surface area (Å²) in [5, 5.41) is 19.6. The Bertz CT molecular complexity index is 1360. The van der Waals surface area contributed by atoms with Crippen molar-refractivity contribution in [3.63, 3.8) is 0 Å². The van der Waals surface area contributed by atoms with Crippen LogP contribution in [0.5, 0.6) is 0 Å². The molecule has 166 valence electrons. The highest BCUT2D eigenvalue weighted by Gasteiger charge is 2.17. The molecule has 5 N–H and O–H groups in total. The van der Waals surface area contributed by atoms with Crippen LogP contribution in [0.15, 0.2) is 66.7 Å². The molecule has 9 heteroatoms. The van der Waals surface area contributed by atoms with Gasteiger partial charge in [0.05, 0.1) is 17.5 Å². The second kappa shape index (κ2) is 9.13. The van der Waals surface area contributed by atoms with Crippen LogP contribution in [0.1, 0.15) is 22.3 Å². The first-order valence-electron chi connectivity index (χ1n) is 10.1. The molecule has 0 atom stereocenters. The minimum absolute atomic E-state index is 0.0219. The first kappa shape index (κ1) is 22.0. The Hall–Kier alpha value is -4.17. The number of nitrogens with zero attached hydrogens (tertiary/aromatic N) is 2. The van der Waals surface area contributed by atoms with Crippen LogP contribution in [0.2, 0.25) is 5.02 Å². The summed E-state index contributed by atoms with van der Waals surface area (Å²) in [6, 6.07) is 19.7. The number of hydrogen-bond acceptors (Lipinski definition) is 4. The Morgan fingerprint density at radius 1 is 1.03 bits per heavy atom. The van der Waals surface area contributed by atoms with Gasteiger partial charge in [0.25, 0.3) is 5.91 Å². The van der Waals surface area contributed by atoms with E-state index in [2.05, 4.69) is 5.32 Å². The molecule has 4 rings (SSSR count). The molecule has 0 saturated heterocycles. The van der Waals surface area contributed by atoms with Crippen LogP contribution >= 0.6 is 11.6 Å². The quantitative estimate of drug-likeness (QED) is 0.245. The van der Waals surface area contributed by atoms with E-state index in [1.54, 1.807) is 42.5 Å². The van der Waals surface area contributed by atoms with Crippen molar-refractivity contribution in [2.45, 2.75) is 6.42 Å². The highest BCUT2D eigenvalue weighted by molar-refractivity contribution is 6.30. The number of nitrogens with two attached hydrogens (primary N) is 1. The zero-order chi connectivity index (χ0) is 23.5. The van der Waals surface area contributed by atoms with Gasteiger partial charge in [-0.1, -0.05) is 35.9 Å². The highest BCUT2D eigenvalue weighted by Crippen LogP contribution is 2.30. The Morgan fingerprint density at radius 2 is 1.70 bits per heavy atom. The fourth-order valence-corrected chi connectivity index (χ4v) is 3.58. The highest BCUT2D eigenvalue weighted by atomic mass is 35.5. The maximum absolute atomic E-state index is 12.5. The van der Waals surface area contributed by atoms with E-state index in [4.69, 9.17) is 32.8 Å². The van der Waals surface area contributed by atoms with Crippen molar-refractivity contribution >= 4 is 40.3 Å². The number of hydrogen-bond donors (Lipinski definition) is 4. The number of nitrogens with one attached hydrogen (secondary N) is 2. The third kappa shape index (κ3) is 4.70. The van der Waals surface area contributed by atoms with Crippen molar-refractivity contribution in [1.29, 1.82) is 5.41 Å². The molecule has 0 bridgehead atoms. The second-order valence-corrected chi connectivity index (χ2v) is 7.78. The van der Waals surface area contributed by atoms with Gasteiger partial charge in [-0.25, -0.2) is 4.98 Å². The number of imidazole rings is 1. The second-order valence-electron chi connectivity index (χ2n) is 7.34. The molecule has 1 aromatic heterocycles. The van der Waals surface area contributed by atoms with Gasteiger partial charge in [-0.05, 0) is 42.5 Å². The summed E-state index contributed by atoms with van der Waals surface area (Å²) < 4.78 is 1.96. The summed E-state index contributed by atoms with van der Waals surface area (Å²) in [5.41, 5.74) is 9.59. The van der Waals surface area contributed by atoms with Gasteiger partial charge in [0.15, 0.2) is 0 Å². The summed E-state index contributed by atoms with van der Waals surface area (Å²) in [5.74, 6) is -0.725. The van der Waals surface area contributed by atoms with Crippen LogP contribution < -0.4 is 11.1 Å². The number of benzene rings is 3. The van der Waals surface area contributed by atoms with Gasteiger partial charge in [0, 0.05) is 33.9 Å². The Balaban J connectivity index is 1.80. The van der Waals surface area contributed by atoms with Crippen LogP contribution in [0.3, 0.4) is 0 Å². The first-order valence-corrected chi connectivity index (χ1v) is 10.4. The standard InChI is InChI=1S/C24H20ClN5O3/c25-17-6-8-18(9-7-17)30-20-10-5-16(24(33)28-12-11-21(31)32)13-19(20)29-23(30)15-3-1-14(2-4-15)22(26)27/h1-10,13H,11-12H2,(H3,26,27)(H,28,33)(H,31,32). The Kier molecular flexibility index (Phi) is 6.10. The first-order chi connectivity index (χ1) is 15.8. The van der Waals surface area contributed by atoms with Gasteiger partial charge in [-0.15, -0.1) is 0 Å². The summed E-state index contributed by atoms with van der Waals surface area (Å²) in [4.78, 5) is 27.9. The van der Waals surface area contributed by atoms with E-state index in [0.717, 1.165) is 16.8 Å². The van der Waals surface area contributed by atoms with Crippen molar-refractivity contribution in [2.75, 3.05) is 6.54 Å². The zero-order valence-electron chi connectivity index (χ0n) is 17.4. The van der Waals surface area contributed by atoms with Gasteiger partial charge in [-0.3, -0.25) is 19.6 Å². The molecule has 0 saturated carbocycles. The summed E-state index contributed by atoms with van der Waals surface area (Å²) >= 11 is 6.07. The number of nitrogen functional groups attached to an aromatic ring is 1. The van der Waals surface area contributed by atoms with Crippen molar-refractivity contribution in [1.82, 2.24) is 14.9 Å². The number of fused-ring (bicyclic) bond motifs is 1. The van der Waals surface area contributed by atoms with Crippen molar-refractivity contribution in [3.8, 4) is 17.1 Å². The zero-order valence-corrected chi connectivity index (χ0v) is 18.1. The van der Waals surface area contributed by atoms with Crippen LogP contribution in [0, 0.1) is 5.41 Å². The number of amides is 1. The lowest BCUT2D eigenvalue weighted by atomic mass is 10.1. The maximum atomic E-state index is 12.5. The Labute approximate surface area is 194 Å². The normalized spacial score (nSPS) is 10.8. The largest absolute Gasteiger partial charge is 0.481 e. The van der Waals surface area contributed by atoms with Gasteiger partial charge >= 0.3 is 5.97 Å². The number of aromatic nitrogens is 2. The maximum Gasteiger partial charge on any atom is 0.305 e. The van der Waals surface area contributed by atoms with E-state index >= 15 is 0 Å². The number of rotatable bonds is 7. The lowest BCUT2D eigenvalue weighted by molar-refractivity contribution is -0.136. The fourth-order valence-electron chi connectivity index (χ4n) is 3.45. The molecule has 0 radical (unpaired) electrons. The lowest BCUT2D eigenvalue weighted by Gasteiger charge is -2.10. The SMILES string of the molecule is N=C(N)c1ccc(-c2nc3cc(C(=O)NCCC(=O)O)ccc3n2-c2ccc(Cl)cc2)cc1. The predicted octanol–water partition coefficient (Wildman–Crippen LogP) is 3.83. The molecule has 4 aromatic rings. The third-order valence-corrected chi connectivity index (χ3v) is 5.33. The Morgan fingerprint density at radius 3 is 2.33 bits per heavy atom. The number of carboxylic acid groups (broad SMARTS) is 1.